The zero-order chi connectivity index (χ0) is 13.2. The van der Waals surface area contributed by atoms with Crippen LogP contribution in [0.15, 0.2) is 18.2 Å². The molecule has 1 aliphatic heterocycles. The van der Waals surface area contributed by atoms with Gasteiger partial charge in [-0.15, -0.1) is 0 Å². The van der Waals surface area contributed by atoms with E-state index < -0.39 is 0 Å². The molecule has 0 spiro atoms. The van der Waals surface area contributed by atoms with Crippen LogP contribution in [-0.4, -0.2) is 32.0 Å². The minimum absolute atomic E-state index is 0.145. The Bertz CT molecular complexity index is 418. The number of fused-ring (bicyclic) bond motifs is 1. The molecule has 1 aromatic rings. The number of hydrogen-bond acceptors (Lipinski definition) is 4. The largest absolute Gasteiger partial charge is 0.483 e. The number of nitrogens with two attached hydrogens (primary N) is 1. The fourth-order valence-corrected chi connectivity index (χ4v) is 2.20. The van der Waals surface area contributed by atoms with E-state index in [1.165, 1.54) is 5.56 Å². The molecule has 4 nitrogen and oxygen atoms in total. The minimum Gasteiger partial charge on any atom is -0.483 e. The summed E-state index contributed by atoms with van der Waals surface area (Å²) in [6.07, 6.45) is 0.755. The van der Waals surface area contributed by atoms with Crippen molar-refractivity contribution in [3.8, 4) is 11.5 Å². The van der Waals surface area contributed by atoms with E-state index in [9.17, 15) is 0 Å². The Morgan fingerprint density at radius 2 is 2.22 bits per heavy atom. The molecular formula is C14H21NO3. The quantitative estimate of drug-likeness (QED) is 0.866. The molecule has 0 fully saturated rings. The van der Waals surface area contributed by atoms with Crippen molar-refractivity contribution in [2.45, 2.75) is 32.0 Å². The predicted molar refractivity (Wildman–Crippen MR) is 70.2 cm³/mol. The molecule has 0 aromatic heterocycles. The van der Waals surface area contributed by atoms with E-state index in [0.717, 1.165) is 17.9 Å². The van der Waals surface area contributed by atoms with Crippen molar-refractivity contribution < 1.29 is 14.2 Å². The summed E-state index contributed by atoms with van der Waals surface area (Å²) in [4.78, 5) is 0. The van der Waals surface area contributed by atoms with Crippen molar-refractivity contribution in [1.29, 1.82) is 0 Å². The van der Waals surface area contributed by atoms with Gasteiger partial charge in [0, 0.05) is 25.6 Å². The zero-order valence-electron chi connectivity index (χ0n) is 11.2. The highest BCUT2D eigenvalue weighted by atomic mass is 16.6. The molecule has 0 saturated heterocycles. The number of methoxy groups -OCH3 is 1. The third-order valence-corrected chi connectivity index (χ3v) is 2.96. The van der Waals surface area contributed by atoms with Crippen LogP contribution in [0.5, 0.6) is 11.5 Å². The first-order valence-electron chi connectivity index (χ1n) is 6.22. The van der Waals surface area contributed by atoms with Crippen molar-refractivity contribution in [1.82, 2.24) is 0 Å². The Morgan fingerprint density at radius 1 is 1.44 bits per heavy atom. The summed E-state index contributed by atoms with van der Waals surface area (Å²) in [5.74, 6) is 1.60. The first kappa shape index (κ1) is 13.2. The van der Waals surface area contributed by atoms with Crippen LogP contribution in [0.3, 0.4) is 0 Å². The van der Waals surface area contributed by atoms with Gasteiger partial charge in [0.2, 0.25) is 0 Å². The molecular weight excluding hydrogens is 230 g/mol. The standard InChI is InChI=1S/C14H21NO3/c1-14(2)7-10-5-4-6-12(13(10)18-14)17-11(8-15)9-16-3/h4-6,11H,7-9,15H2,1-3H3. The van der Waals surface area contributed by atoms with Gasteiger partial charge in [-0.1, -0.05) is 12.1 Å². The normalized spacial score (nSPS) is 18.0. The Labute approximate surface area is 108 Å². The second-order valence-electron chi connectivity index (χ2n) is 5.21. The summed E-state index contributed by atoms with van der Waals surface area (Å²) in [6, 6.07) is 5.97. The molecule has 4 heteroatoms. The molecule has 1 unspecified atom stereocenters. The molecule has 0 aliphatic carbocycles. The van der Waals surface area contributed by atoms with E-state index in [-0.39, 0.29) is 11.7 Å². The average molecular weight is 251 g/mol. The molecule has 0 bridgehead atoms. The fourth-order valence-electron chi connectivity index (χ4n) is 2.20. The Balaban J connectivity index is 2.18. The van der Waals surface area contributed by atoms with Crippen molar-refractivity contribution in [3.05, 3.63) is 23.8 Å². The molecule has 0 radical (unpaired) electrons. The Morgan fingerprint density at radius 3 is 2.89 bits per heavy atom. The lowest BCUT2D eigenvalue weighted by Crippen LogP contribution is -2.31. The maximum absolute atomic E-state index is 5.94. The molecule has 0 amide bonds. The number of hydrogen-bond donors (Lipinski definition) is 1. The van der Waals surface area contributed by atoms with E-state index in [4.69, 9.17) is 19.9 Å². The lowest BCUT2D eigenvalue weighted by molar-refractivity contribution is 0.0782. The fraction of sp³-hybridized carbons (Fsp3) is 0.571. The van der Waals surface area contributed by atoms with Crippen LogP contribution in [0.25, 0.3) is 0 Å². The van der Waals surface area contributed by atoms with Gasteiger partial charge in [0.05, 0.1) is 6.61 Å². The summed E-state index contributed by atoms with van der Waals surface area (Å²) in [6.45, 7) is 5.04. The zero-order valence-corrected chi connectivity index (χ0v) is 11.2. The van der Waals surface area contributed by atoms with Gasteiger partial charge < -0.3 is 19.9 Å². The molecule has 18 heavy (non-hydrogen) atoms. The monoisotopic (exact) mass is 251 g/mol. The smallest absolute Gasteiger partial charge is 0.165 e. The summed E-state index contributed by atoms with van der Waals surface area (Å²) in [5.41, 5.74) is 6.68. The van der Waals surface area contributed by atoms with Gasteiger partial charge in [-0.05, 0) is 19.9 Å². The topological polar surface area (TPSA) is 53.7 Å². The second-order valence-corrected chi connectivity index (χ2v) is 5.21. The minimum atomic E-state index is -0.165. The van der Waals surface area contributed by atoms with E-state index in [1.807, 2.05) is 12.1 Å². The van der Waals surface area contributed by atoms with Gasteiger partial charge >= 0.3 is 0 Å². The van der Waals surface area contributed by atoms with Crippen molar-refractivity contribution in [2.24, 2.45) is 5.73 Å². The molecule has 2 N–H and O–H groups in total. The van der Waals surface area contributed by atoms with Crippen LogP contribution < -0.4 is 15.2 Å². The summed E-state index contributed by atoms with van der Waals surface area (Å²) in [5, 5.41) is 0. The molecule has 1 aliphatic rings. The van der Waals surface area contributed by atoms with E-state index in [2.05, 4.69) is 19.9 Å². The third-order valence-electron chi connectivity index (χ3n) is 2.96. The molecule has 1 atom stereocenters. The molecule has 1 aromatic carbocycles. The third kappa shape index (κ3) is 2.76. The lowest BCUT2D eigenvalue weighted by atomic mass is 10.0. The lowest BCUT2D eigenvalue weighted by Gasteiger charge is -2.21. The first-order chi connectivity index (χ1) is 8.55. The van der Waals surface area contributed by atoms with Crippen LogP contribution >= 0.6 is 0 Å². The molecule has 100 valence electrons. The molecule has 2 rings (SSSR count). The van der Waals surface area contributed by atoms with Crippen LogP contribution in [0.1, 0.15) is 19.4 Å². The highest BCUT2D eigenvalue weighted by Crippen LogP contribution is 2.41. The van der Waals surface area contributed by atoms with Crippen LogP contribution in [-0.2, 0) is 11.2 Å². The van der Waals surface area contributed by atoms with E-state index >= 15 is 0 Å². The number of ether oxygens (including phenoxy) is 3. The summed E-state index contributed by atoms with van der Waals surface area (Å²) < 4.78 is 16.9. The highest BCUT2D eigenvalue weighted by molar-refractivity contribution is 5.50. The number of benzene rings is 1. The van der Waals surface area contributed by atoms with E-state index in [0.29, 0.717) is 13.2 Å². The van der Waals surface area contributed by atoms with Crippen LogP contribution in [0.2, 0.25) is 0 Å². The van der Waals surface area contributed by atoms with Crippen molar-refractivity contribution >= 4 is 0 Å². The SMILES string of the molecule is COCC(CN)Oc1cccc2c1OC(C)(C)C2. The van der Waals surface area contributed by atoms with Crippen molar-refractivity contribution in [2.75, 3.05) is 20.3 Å². The average Bonchev–Trinajstić information content (AvgIpc) is 2.63. The molecule has 1 heterocycles. The van der Waals surface area contributed by atoms with Gasteiger partial charge in [-0.25, -0.2) is 0 Å². The van der Waals surface area contributed by atoms with Crippen LogP contribution in [0.4, 0.5) is 0 Å². The van der Waals surface area contributed by atoms with Gasteiger partial charge in [0.15, 0.2) is 11.5 Å². The first-order valence-corrected chi connectivity index (χ1v) is 6.22. The second kappa shape index (κ2) is 5.16. The van der Waals surface area contributed by atoms with E-state index in [1.54, 1.807) is 7.11 Å². The van der Waals surface area contributed by atoms with Gasteiger partial charge in [0.1, 0.15) is 11.7 Å². The van der Waals surface area contributed by atoms with Gasteiger partial charge in [0.25, 0.3) is 0 Å². The maximum Gasteiger partial charge on any atom is 0.165 e. The Hall–Kier alpha value is -1.26. The van der Waals surface area contributed by atoms with Crippen LogP contribution in [0, 0.1) is 0 Å². The highest BCUT2D eigenvalue weighted by Gasteiger charge is 2.32. The number of rotatable bonds is 5. The van der Waals surface area contributed by atoms with Gasteiger partial charge in [-0.2, -0.15) is 0 Å². The predicted octanol–water partition coefficient (Wildman–Crippen LogP) is 1.75. The maximum atomic E-state index is 5.94. The Kier molecular flexibility index (Phi) is 3.78. The van der Waals surface area contributed by atoms with Crippen molar-refractivity contribution in [3.63, 3.8) is 0 Å². The molecule has 0 saturated carbocycles. The summed E-state index contributed by atoms with van der Waals surface area (Å²) >= 11 is 0. The van der Waals surface area contributed by atoms with Gasteiger partial charge in [-0.3, -0.25) is 0 Å². The summed E-state index contributed by atoms with van der Waals surface area (Å²) in [7, 11) is 1.64. The number of para-hydroxylation sites is 1.